The van der Waals surface area contributed by atoms with Gasteiger partial charge in [0, 0.05) is 18.0 Å². The molecule has 7 heteroatoms. The van der Waals surface area contributed by atoms with Gasteiger partial charge in [0.1, 0.15) is 0 Å². The molecule has 0 spiro atoms. The van der Waals surface area contributed by atoms with Crippen molar-refractivity contribution in [2.24, 2.45) is 5.92 Å². The molecule has 0 radical (unpaired) electrons. The standard InChI is InChI=1S/C18H28N4O2S/c23-17(20-11-15-5-3-9-25-15)13-22-8-2-4-14(12-22)10-21-18(24)16-6-1-7-19-16/h3,5,9,14,16,19H,1-2,4,6-8,10-13H2,(H,20,23)(H,21,24). The first kappa shape index (κ1) is 18.4. The van der Waals surface area contributed by atoms with Crippen LogP contribution in [0.4, 0.5) is 0 Å². The van der Waals surface area contributed by atoms with Crippen LogP contribution in [-0.2, 0) is 16.1 Å². The second-order valence-corrected chi connectivity index (χ2v) is 8.03. The van der Waals surface area contributed by atoms with Crippen molar-refractivity contribution in [3.8, 4) is 0 Å². The second-order valence-electron chi connectivity index (χ2n) is 6.99. The van der Waals surface area contributed by atoms with E-state index in [1.165, 1.54) is 4.88 Å². The van der Waals surface area contributed by atoms with Crippen molar-refractivity contribution in [2.45, 2.75) is 38.3 Å². The highest BCUT2D eigenvalue weighted by Crippen LogP contribution is 2.16. The maximum absolute atomic E-state index is 12.1. The number of hydrogen-bond acceptors (Lipinski definition) is 5. The van der Waals surface area contributed by atoms with Crippen molar-refractivity contribution in [3.05, 3.63) is 22.4 Å². The van der Waals surface area contributed by atoms with Crippen molar-refractivity contribution in [2.75, 3.05) is 32.7 Å². The predicted molar refractivity (Wildman–Crippen MR) is 99.4 cm³/mol. The summed E-state index contributed by atoms with van der Waals surface area (Å²) in [5.74, 6) is 0.640. The molecular weight excluding hydrogens is 336 g/mol. The summed E-state index contributed by atoms with van der Waals surface area (Å²) in [6.07, 6.45) is 4.22. The van der Waals surface area contributed by atoms with Crippen molar-refractivity contribution in [1.82, 2.24) is 20.9 Å². The molecule has 3 rings (SSSR count). The zero-order valence-corrected chi connectivity index (χ0v) is 15.4. The molecule has 0 aliphatic carbocycles. The number of rotatable bonds is 7. The fraction of sp³-hybridized carbons (Fsp3) is 0.667. The van der Waals surface area contributed by atoms with Crippen LogP contribution in [0.5, 0.6) is 0 Å². The first-order valence-corrected chi connectivity index (χ1v) is 10.1. The molecule has 2 aliphatic rings. The Hall–Kier alpha value is -1.44. The fourth-order valence-corrected chi connectivity index (χ4v) is 4.24. The third-order valence-corrected chi connectivity index (χ3v) is 5.83. The molecule has 25 heavy (non-hydrogen) atoms. The van der Waals surface area contributed by atoms with E-state index in [1.807, 2.05) is 17.5 Å². The Morgan fingerprint density at radius 3 is 2.96 bits per heavy atom. The van der Waals surface area contributed by atoms with E-state index in [1.54, 1.807) is 11.3 Å². The van der Waals surface area contributed by atoms with Crippen molar-refractivity contribution < 1.29 is 9.59 Å². The fourth-order valence-electron chi connectivity index (χ4n) is 3.60. The predicted octanol–water partition coefficient (Wildman–Crippen LogP) is 0.945. The summed E-state index contributed by atoms with van der Waals surface area (Å²) in [6, 6.07) is 4.02. The van der Waals surface area contributed by atoms with E-state index in [0.717, 1.165) is 45.3 Å². The number of nitrogens with one attached hydrogen (secondary N) is 3. The third-order valence-electron chi connectivity index (χ3n) is 4.95. The molecule has 2 aliphatic heterocycles. The summed E-state index contributed by atoms with van der Waals surface area (Å²) in [4.78, 5) is 27.6. The van der Waals surface area contributed by atoms with E-state index < -0.39 is 0 Å². The van der Waals surface area contributed by atoms with Crippen LogP contribution in [0.15, 0.2) is 17.5 Å². The molecule has 6 nitrogen and oxygen atoms in total. The number of amides is 2. The Bertz CT molecular complexity index is 557. The van der Waals surface area contributed by atoms with E-state index in [0.29, 0.717) is 25.6 Å². The largest absolute Gasteiger partial charge is 0.354 e. The average Bonchev–Trinajstić information content (AvgIpc) is 3.31. The van der Waals surface area contributed by atoms with Crippen molar-refractivity contribution >= 4 is 23.2 Å². The molecule has 2 unspecified atom stereocenters. The van der Waals surface area contributed by atoms with Crippen LogP contribution in [0.25, 0.3) is 0 Å². The smallest absolute Gasteiger partial charge is 0.237 e. The van der Waals surface area contributed by atoms with Crippen LogP contribution in [0.1, 0.15) is 30.6 Å². The van der Waals surface area contributed by atoms with Gasteiger partial charge in [0.05, 0.1) is 19.1 Å². The minimum Gasteiger partial charge on any atom is -0.354 e. The van der Waals surface area contributed by atoms with E-state index in [4.69, 9.17) is 0 Å². The Kier molecular flexibility index (Phi) is 6.84. The van der Waals surface area contributed by atoms with Gasteiger partial charge in [0.2, 0.25) is 11.8 Å². The minimum atomic E-state index is -0.0114. The molecule has 2 amide bonds. The highest BCUT2D eigenvalue weighted by atomic mass is 32.1. The Morgan fingerprint density at radius 1 is 1.28 bits per heavy atom. The zero-order chi connectivity index (χ0) is 17.5. The molecule has 2 saturated heterocycles. The number of likely N-dealkylation sites (tertiary alicyclic amines) is 1. The van der Waals surface area contributed by atoms with Gasteiger partial charge in [0.25, 0.3) is 0 Å². The van der Waals surface area contributed by atoms with Gasteiger partial charge in [0.15, 0.2) is 0 Å². The summed E-state index contributed by atoms with van der Waals surface area (Å²) >= 11 is 1.66. The first-order chi connectivity index (χ1) is 12.2. The Labute approximate surface area is 153 Å². The minimum absolute atomic E-state index is 0.0114. The van der Waals surface area contributed by atoms with E-state index >= 15 is 0 Å². The van der Waals surface area contributed by atoms with Crippen molar-refractivity contribution in [1.29, 1.82) is 0 Å². The van der Waals surface area contributed by atoms with E-state index in [2.05, 4.69) is 20.9 Å². The van der Waals surface area contributed by atoms with Gasteiger partial charge in [-0.15, -0.1) is 11.3 Å². The van der Waals surface area contributed by atoms with Crippen LogP contribution in [0, 0.1) is 5.92 Å². The van der Waals surface area contributed by atoms with Crippen LogP contribution in [0.2, 0.25) is 0 Å². The summed E-state index contributed by atoms with van der Waals surface area (Å²) < 4.78 is 0. The van der Waals surface area contributed by atoms with Gasteiger partial charge in [-0.3, -0.25) is 14.5 Å². The average molecular weight is 365 g/mol. The van der Waals surface area contributed by atoms with Gasteiger partial charge in [-0.25, -0.2) is 0 Å². The molecule has 1 aromatic heterocycles. The van der Waals surface area contributed by atoms with Gasteiger partial charge < -0.3 is 16.0 Å². The molecule has 3 N–H and O–H groups in total. The van der Waals surface area contributed by atoms with E-state index in [-0.39, 0.29) is 17.9 Å². The number of piperidine rings is 1. The molecule has 0 aromatic carbocycles. The highest BCUT2D eigenvalue weighted by molar-refractivity contribution is 7.09. The summed E-state index contributed by atoms with van der Waals surface area (Å²) in [7, 11) is 0. The summed E-state index contributed by atoms with van der Waals surface area (Å²) in [5, 5.41) is 11.3. The molecule has 1 aromatic rings. The normalized spacial score (nSPS) is 24.2. The second kappa shape index (κ2) is 9.31. The number of carbonyl (C=O) groups is 2. The van der Waals surface area contributed by atoms with Crippen molar-refractivity contribution in [3.63, 3.8) is 0 Å². The summed E-state index contributed by atoms with van der Waals surface area (Å²) in [5.41, 5.74) is 0. The first-order valence-electron chi connectivity index (χ1n) is 9.23. The molecule has 2 fully saturated rings. The molecular formula is C18H28N4O2S. The lowest BCUT2D eigenvalue weighted by molar-refractivity contribution is -0.124. The lowest BCUT2D eigenvalue weighted by atomic mass is 9.98. The van der Waals surface area contributed by atoms with E-state index in [9.17, 15) is 9.59 Å². The number of nitrogens with zero attached hydrogens (tertiary/aromatic N) is 1. The van der Waals surface area contributed by atoms with Crippen LogP contribution >= 0.6 is 11.3 Å². The maximum Gasteiger partial charge on any atom is 0.237 e. The Morgan fingerprint density at radius 2 is 2.20 bits per heavy atom. The molecule has 0 saturated carbocycles. The Balaban J connectivity index is 1.35. The monoisotopic (exact) mass is 364 g/mol. The van der Waals surface area contributed by atoms with Gasteiger partial charge in [-0.1, -0.05) is 6.07 Å². The number of thiophene rings is 1. The topological polar surface area (TPSA) is 73.5 Å². The van der Waals surface area contributed by atoms with Gasteiger partial charge in [-0.2, -0.15) is 0 Å². The SMILES string of the molecule is O=C(CN1CCCC(CNC(=O)C2CCCN2)C1)NCc1cccs1. The maximum atomic E-state index is 12.1. The van der Waals surface area contributed by atoms with Gasteiger partial charge >= 0.3 is 0 Å². The lowest BCUT2D eigenvalue weighted by Gasteiger charge is -2.32. The number of carbonyl (C=O) groups excluding carboxylic acids is 2. The molecule has 3 heterocycles. The zero-order valence-electron chi connectivity index (χ0n) is 14.6. The lowest BCUT2D eigenvalue weighted by Crippen LogP contribution is -2.47. The molecule has 0 bridgehead atoms. The third kappa shape index (κ3) is 5.80. The number of hydrogen-bond donors (Lipinski definition) is 3. The van der Waals surface area contributed by atoms with Crippen LogP contribution < -0.4 is 16.0 Å². The molecule has 2 atom stereocenters. The van der Waals surface area contributed by atoms with Gasteiger partial charge in [-0.05, 0) is 56.1 Å². The van der Waals surface area contributed by atoms with Crippen LogP contribution in [-0.4, -0.2) is 55.5 Å². The van der Waals surface area contributed by atoms with Crippen LogP contribution in [0.3, 0.4) is 0 Å². The summed E-state index contributed by atoms with van der Waals surface area (Å²) in [6.45, 7) is 4.55. The molecule has 138 valence electrons. The highest BCUT2D eigenvalue weighted by Gasteiger charge is 2.25. The quantitative estimate of drug-likeness (QED) is 0.673.